The first-order chi connectivity index (χ1) is 16.1. The molecule has 0 saturated heterocycles. The molecule has 0 fully saturated rings. The second-order valence-electron chi connectivity index (χ2n) is 8.15. The van der Waals surface area contributed by atoms with E-state index >= 15 is 0 Å². The summed E-state index contributed by atoms with van der Waals surface area (Å²) in [6.07, 6.45) is 12.2. The van der Waals surface area contributed by atoms with E-state index in [9.17, 15) is 4.79 Å². The quantitative estimate of drug-likeness (QED) is 0.153. The van der Waals surface area contributed by atoms with Gasteiger partial charge in [0.25, 0.3) is 5.91 Å². The molecule has 0 bridgehead atoms. The number of methoxy groups -OCH3 is 1. The van der Waals surface area contributed by atoms with Crippen molar-refractivity contribution in [2.75, 3.05) is 13.7 Å². The predicted molar refractivity (Wildman–Crippen MR) is 140 cm³/mol. The van der Waals surface area contributed by atoms with Gasteiger partial charge in [-0.25, -0.2) is 5.43 Å². The summed E-state index contributed by atoms with van der Waals surface area (Å²) in [5.41, 5.74) is 5.21. The third-order valence-corrected chi connectivity index (χ3v) is 6.00. The van der Waals surface area contributed by atoms with Gasteiger partial charge >= 0.3 is 0 Å². The van der Waals surface area contributed by atoms with Crippen molar-refractivity contribution < 1.29 is 14.3 Å². The number of benzene rings is 2. The zero-order valence-electron chi connectivity index (χ0n) is 20.2. The topological polar surface area (TPSA) is 59.9 Å². The Balaban J connectivity index is 1.89. The van der Waals surface area contributed by atoms with E-state index in [0.717, 1.165) is 35.7 Å². The number of hydrogen-bond acceptors (Lipinski definition) is 4. The molecule has 0 radical (unpaired) electrons. The van der Waals surface area contributed by atoms with Crippen molar-refractivity contribution in [1.82, 2.24) is 5.43 Å². The number of halogens is 1. The second-order valence-corrected chi connectivity index (χ2v) is 9.00. The van der Waals surface area contributed by atoms with Crippen LogP contribution in [0.5, 0.6) is 11.5 Å². The molecule has 0 aromatic heterocycles. The van der Waals surface area contributed by atoms with E-state index in [-0.39, 0.29) is 5.91 Å². The second kappa shape index (κ2) is 15.5. The molecule has 0 aliphatic rings. The summed E-state index contributed by atoms with van der Waals surface area (Å²) in [5.74, 6) is 1.08. The number of nitrogens with one attached hydrogen (secondary N) is 1. The van der Waals surface area contributed by atoms with Crippen LogP contribution in [-0.2, 0) is 6.42 Å². The SMILES string of the molecule is CCCCCCCCOc1c(Br)cc(/C=N/NC(=O)c2ccc(CCCC)cc2)cc1OC. The molecule has 6 heteroatoms. The van der Waals surface area contributed by atoms with E-state index in [0.29, 0.717) is 23.7 Å². The number of hydrazone groups is 1. The van der Waals surface area contributed by atoms with Crippen molar-refractivity contribution in [3.63, 3.8) is 0 Å². The Morgan fingerprint density at radius 2 is 1.70 bits per heavy atom. The Labute approximate surface area is 207 Å². The minimum Gasteiger partial charge on any atom is -0.493 e. The molecule has 1 amide bonds. The van der Waals surface area contributed by atoms with Gasteiger partial charge in [-0.1, -0.05) is 64.5 Å². The molecule has 1 N–H and O–H groups in total. The fourth-order valence-electron chi connectivity index (χ4n) is 3.44. The molecule has 0 unspecified atom stereocenters. The molecule has 0 spiro atoms. The van der Waals surface area contributed by atoms with Gasteiger partial charge in [-0.05, 0) is 70.6 Å². The average Bonchev–Trinajstić information content (AvgIpc) is 2.83. The molecule has 0 atom stereocenters. The largest absolute Gasteiger partial charge is 0.493 e. The minimum absolute atomic E-state index is 0.238. The molecular weight excluding hydrogens is 480 g/mol. The van der Waals surface area contributed by atoms with Gasteiger partial charge in [0, 0.05) is 5.56 Å². The smallest absolute Gasteiger partial charge is 0.271 e. The van der Waals surface area contributed by atoms with Crippen LogP contribution in [0.1, 0.15) is 86.7 Å². The average molecular weight is 518 g/mol. The van der Waals surface area contributed by atoms with E-state index < -0.39 is 0 Å². The lowest BCUT2D eigenvalue weighted by Crippen LogP contribution is -2.17. The zero-order valence-corrected chi connectivity index (χ0v) is 21.7. The Hall–Kier alpha value is -2.34. The fraction of sp³-hybridized carbons (Fsp3) is 0.481. The van der Waals surface area contributed by atoms with E-state index in [1.165, 1.54) is 37.7 Å². The van der Waals surface area contributed by atoms with Crippen LogP contribution in [0.4, 0.5) is 0 Å². The summed E-state index contributed by atoms with van der Waals surface area (Å²) in [4.78, 5) is 12.4. The number of rotatable bonds is 15. The number of carbonyl (C=O) groups excluding carboxylic acids is 1. The lowest BCUT2D eigenvalue weighted by atomic mass is 10.1. The highest BCUT2D eigenvalue weighted by atomic mass is 79.9. The Morgan fingerprint density at radius 3 is 2.39 bits per heavy atom. The van der Waals surface area contributed by atoms with Crippen LogP contribution in [0.3, 0.4) is 0 Å². The minimum atomic E-state index is -0.238. The molecule has 0 aliphatic heterocycles. The fourth-order valence-corrected chi connectivity index (χ4v) is 4.02. The standard InChI is InChI=1S/C27H37BrN2O3/c1-4-6-8-9-10-11-17-33-26-24(28)18-22(19-25(26)32-3)20-29-30-27(31)23-15-13-21(14-16-23)12-7-5-2/h13-16,18-20H,4-12,17H2,1-3H3,(H,30,31)/b29-20+. The summed E-state index contributed by atoms with van der Waals surface area (Å²) in [5, 5.41) is 4.11. The first kappa shape index (κ1) is 26.9. The van der Waals surface area contributed by atoms with E-state index in [4.69, 9.17) is 9.47 Å². The molecule has 2 rings (SSSR count). The maximum Gasteiger partial charge on any atom is 0.271 e. The number of ether oxygens (including phenoxy) is 2. The Bertz CT molecular complexity index is 882. The van der Waals surface area contributed by atoms with Gasteiger partial charge < -0.3 is 9.47 Å². The van der Waals surface area contributed by atoms with Crippen LogP contribution < -0.4 is 14.9 Å². The highest BCUT2D eigenvalue weighted by molar-refractivity contribution is 9.10. The molecule has 5 nitrogen and oxygen atoms in total. The normalized spacial score (nSPS) is 11.0. The maximum absolute atomic E-state index is 12.4. The van der Waals surface area contributed by atoms with Crippen LogP contribution in [0.15, 0.2) is 46.0 Å². The summed E-state index contributed by atoms with van der Waals surface area (Å²) in [7, 11) is 1.62. The first-order valence-corrected chi connectivity index (χ1v) is 12.8. The molecule has 33 heavy (non-hydrogen) atoms. The maximum atomic E-state index is 12.4. The molecule has 2 aromatic carbocycles. The summed E-state index contributed by atoms with van der Waals surface area (Å²) < 4.78 is 12.3. The van der Waals surface area contributed by atoms with Gasteiger partial charge in [0.2, 0.25) is 0 Å². The van der Waals surface area contributed by atoms with Crippen LogP contribution in [0.2, 0.25) is 0 Å². The van der Waals surface area contributed by atoms with Crippen LogP contribution >= 0.6 is 15.9 Å². The monoisotopic (exact) mass is 516 g/mol. The first-order valence-electron chi connectivity index (χ1n) is 12.0. The van der Waals surface area contributed by atoms with Gasteiger partial charge in [-0.15, -0.1) is 0 Å². The summed E-state index contributed by atoms with van der Waals surface area (Å²) in [6.45, 7) is 5.05. The number of hydrogen-bond donors (Lipinski definition) is 1. The molecule has 0 saturated carbocycles. The van der Waals surface area contributed by atoms with Crippen molar-refractivity contribution in [1.29, 1.82) is 0 Å². The lowest BCUT2D eigenvalue weighted by Gasteiger charge is -2.13. The molecule has 180 valence electrons. The van der Waals surface area contributed by atoms with E-state index in [1.807, 2.05) is 36.4 Å². The van der Waals surface area contributed by atoms with Crippen molar-refractivity contribution in [3.05, 3.63) is 57.6 Å². The summed E-state index contributed by atoms with van der Waals surface area (Å²) >= 11 is 3.57. The van der Waals surface area contributed by atoms with Crippen LogP contribution in [-0.4, -0.2) is 25.8 Å². The Kier molecular flexibility index (Phi) is 12.6. The van der Waals surface area contributed by atoms with Gasteiger partial charge in [-0.3, -0.25) is 4.79 Å². The number of amides is 1. The third kappa shape index (κ3) is 9.58. The molecule has 2 aromatic rings. The highest BCUT2D eigenvalue weighted by Crippen LogP contribution is 2.36. The van der Waals surface area contributed by atoms with Crippen molar-refractivity contribution in [3.8, 4) is 11.5 Å². The van der Waals surface area contributed by atoms with E-state index in [2.05, 4.69) is 40.3 Å². The number of aryl methyl sites for hydroxylation is 1. The molecule has 0 heterocycles. The van der Waals surface area contributed by atoms with Gasteiger partial charge in [0.05, 0.1) is 24.4 Å². The lowest BCUT2D eigenvalue weighted by molar-refractivity contribution is 0.0955. The van der Waals surface area contributed by atoms with Gasteiger partial charge in [0.1, 0.15) is 0 Å². The number of unbranched alkanes of at least 4 members (excludes halogenated alkanes) is 6. The van der Waals surface area contributed by atoms with Gasteiger partial charge in [-0.2, -0.15) is 5.10 Å². The summed E-state index contributed by atoms with van der Waals surface area (Å²) in [6, 6.07) is 11.4. The van der Waals surface area contributed by atoms with Crippen LogP contribution in [0.25, 0.3) is 0 Å². The predicted octanol–water partition coefficient (Wildman–Crippen LogP) is 7.30. The van der Waals surface area contributed by atoms with Crippen molar-refractivity contribution >= 4 is 28.1 Å². The highest BCUT2D eigenvalue weighted by Gasteiger charge is 2.11. The molecular formula is C27H37BrN2O3. The third-order valence-electron chi connectivity index (χ3n) is 5.41. The Morgan fingerprint density at radius 1 is 1.00 bits per heavy atom. The van der Waals surface area contributed by atoms with Crippen molar-refractivity contribution in [2.24, 2.45) is 5.10 Å². The van der Waals surface area contributed by atoms with Crippen molar-refractivity contribution in [2.45, 2.75) is 71.6 Å². The van der Waals surface area contributed by atoms with E-state index in [1.54, 1.807) is 13.3 Å². The zero-order chi connectivity index (χ0) is 23.9. The van der Waals surface area contributed by atoms with Gasteiger partial charge in [0.15, 0.2) is 11.5 Å². The number of nitrogens with zero attached hydrogens (tertiary/aromatic N) is 1. The molecule has 0 aliphatic carbocycles. The van der Waals surface area contributed by atoms with Crippen LogP contribution in [0, 0.1) is 0 Å². The number of carbonyl (C=O) groups is 1.